The van der Waals surface area contributed by atoms with Gasteiger partial charge in [0.1, 0.15) is 0 Å². The summed E-state index contributed by atoms with van der Waals surface area (Å²) in [6.07, 6.45) is 9.68. The van der Waals surface area contributed by atoms with E-state index in [1.165, 1.54) is 31.2 Å². The third-order valence-corrected chi connectivity index (χ3v) is 4.73. The number of aromatic nitrogens is 2. The van der Waals surface area contributed by atoms with Crippen LogP contribution in [0, 0.1) is 11.8 Å². The molecule has 1 aliphatic rings. The molecular weight excluding hydrogens is 246 g/mol. The van der Waals surface area contributed by atoms with Crippen molar-refractivity contribution in [3.8, 4) is 0 Å². The molecule has 1 saturated carbocycles. The molecule has 20 heavy (non-hydrogen) atoms. The molecule has 1 fully saturated rings. The molecule has 3 atom stereocenters. The van der Waals surface area contributed by atoms with Crippen LogP contribution in [0.3, 0.4) is 0 Å². The fourth-order valence-corrected chi connectivity index (χ4v) is 3.41. The van der Waals surface area contributed by atoms with Gasteiger partial charge in [0.25, 0.3) is 0 Å². The smallest absolute Gasteiger partial charge is 0.0524 e. The highest BCUT2D eigenvalue weighted by Crippen LogP contribution is 2.41. The van der Waals surface area contributed by atoms with E-state index in [2.05, 4.69) is 50.5 Å². The van der Waals surface area contributed by atoms with Gasteiger partial charge in [-0.2, -0.15) is 5.10 Å². The standard InChI is InChI=1S/C17H31N3/c1-6-13-7-8-14(10-18-17(2,3)4)16(9-13)15-11-19-20(5)12-15/h11-14,16,18H,6-10H2,1-5H3. The molecule has 0 bridgehead atoms. The molecule has 3 unspecified atom stereocenters. The highest BCUT2D eigenvalue weighted by atomic mass is 15.2. The van der Waals surface area contributed by atoms with E-state index in [0.29, 0.717) is 5.92 Å². The largest absolute Gasteiger partial charge is 0.312 e. The average Bonchev–Trinajstić information content (AvgIpc) is 2.82. The minimum atomic E-state index is 0.209. The van der Waals surface area contributed by atoms with Gasteiger partial charge in [0.05, 0.1) is 6.20 Å². The molecule has 1 aromatic rings. The van der Waals surface area contributed by atoms with Crippen molar-refractivity contribution in [2.24, 2.45) is 18.9 Å². The number of nitrogens with one attached hydrogen (secondary N) is 1. The Bertz CT molecular complexity index is 416. The Morgan fingerprint density at radius 3 is 2.65 bits per heavy atom. The predicted molar refractivity (Wildman–Crippen MR) is 84.8 cm³/mol. The van der Waals surface area contributed by atoms with Crippen LogP contribution >= 0.6 is 0 Å². The second-order valence-electron chi connectivity index (χ2n) is 7.53. The summed E-state index contributed by atoms with van der Waals surface area (Å²) >= 11 is 0. The maximum absolute atomic E-state index is 4.38. The molecule has 0 aliphatic heterocycles. The fraction of sp³-hybridized carbons (Fsp3) is 0.824. The van der Waals surface area contributed by atoms with Crippen LogP contribution in [0.4, 0.5) is 0 Å². The summed E-state index contributed by atoms with van der Waals surface area (Å²) in [5.74, 6) is 2.32. The van der Waals surface area contributed by atoms with Crippen LogP contribution in [0.25, 0.3) is 0 Å². The van der Waals surface area contributed by atoms with Crippen LogP contribution in [0.1, 0.15) is 64.9 Å². The number of hydrogen-bond acceptors (Lipinski definition) is 2. The fourth-order valence-electron chi connectivity index (χ4n) is 3.41. The third kappa shape index (κ3) is 4.08. The molecule has 1 aliphatic carbocycles. The lowest BCUT2D eigenvalue weighted by Gasteiger charge is -2.37. The lowest BCUT2D eigenvalue weighted by atomic mass is 9.71. The van der Waals surface area contributed by atoms with E-state index < -0.39 is 0 Å². The minimum absolute atomic E-state index is 0.209. The zero-order valence-corrected chi connectivity index (χ0v) is 13.8. The van der Waals surface area contributed by atoms with Crippen LogP contribution in [-0.2, 0) is 7.05 Å². The highest BCUT2D eigenvalue weighted by molar-refractivity contribution is 5.14. The Kier molecular flexibility index (Phi) is 4.90. The first-order valence-electron chi connectivity index (χ1n) is 8.12. The second kappa shape index (κ2) is 6.30. The third-order valence-electron chi connectivity index (χ3n) is 4.73. The molecule has 0 amide bonds. The Balaban J connectivity index is 2.08. The molecule has 1 aromatic heterocycles. The van der Waals surface area contributed by atoms with Gasteiger partial charge in [-0.15, -0.1) is 0 Å². The van der Waals surface area contributed by atoms with Crippen molar-refractivity contribution in [1.29, 1.82) is 0 Å². The van der Waals surface area contributed by atoms with Crippen molar-refractivity contribution in [3.63, 3.8) is 0 Å². The summed E-state index contributed by atoms with van der Waals surface area (Å²) in [6.45, 7) is 10.2. The Morgan fingerprint density at radius 1 is 1.35 bits per heavy atom. The normalized spacial score (nSPS) is 27.8. The first-order valence-corrected chi connectivity index (χ1v) is 8.12. The number of hydrogen-bond donors (Lipinski definition) is 1. The van der Waals surface area contributed by atoms with E-state index in [9.17, 15) is 0 Å². The van der Waals surface area contributed by atoms with Gasteiger partial charge in [-0.3, -0.25) is 4.68 Å². The van der Waals surface area contributed by atoms with E-state index in [1.54, 1.807) is 0 Å². The first kappa shape index (κ1) is 15.6. The SMILES string of the molecule is CCC1CCC(CNC(C)(C)C)C(c2cnn(C)c2)C1. The predicted octanol–water partition coefficient (Wildman–Crippen LogP) is 3.72. The van der Waals surface area contributed by atoms with Crippen LogP contribution in [0.2, 0.25) is 0 Å². The van der Waals surface area contributed by atoms with Crippen LogP contribution < -0.4 is 5.32 Å². The topological polar surface area (TPSA) is 29.9 Å². The lowest BCUT2D eigenvalue weighted by Crippen LogP contribution is -2.41. The van der Waals surface area contributed by atoms with E-state index in [4.69, 9.17) is 0 Å². The molecule has 0 radical (unpaired) electrons. The minimum Gasteiger partial charge on any atom is -0.312 e. The molecule has 1 N–H and O–H groups in total. The van der Waals surface area contributed by atoms with Gasteiger partial charge in [-0.05, 0) is 63.5 Å². The van der Waals surface area contributed by atoms with Gasteiger partial charge in [-0.1, -0.05) is 19.8 Å². The van der Waals surface area contributed by atoms with E-state index in [-0.39, 0.29) is 5.54 Å². The summed E-state index contributed by atoms with van der Waals surface area (Å²) in [7, 11) is 2.02. The molecule has 3 nitrogen and oxygen atoms in total. The summed E-state index contributed by atoms with van der Waals surface area (Å²) in [5.41, 5.74) is 1.65. The van der Waals surface area contributed by atoms with Crippen molar-refractivity contribution in [2.45, 2.75) is 64.8 Å². The van der Waals surface area contributed by atoms with Gasteiger partial charge < -0.3 is 5.32 Å². The molecule has 0 aromatic carbocycles. The molecule has 3 heteroatoms. The van der Waals surface area contributed by atoms with Crippen LogP contribution in [-0.4, -0.2) is 21.9 Å². The van der Waals surface area contributed by atoms with Gasteiger partial charge in [0.15, 0.2) is 0 Å². The average molecular weight is 277 g/mol. The monoisotopic (exact) mass is 277 g/mol. The quantitative estimate of drug-likeness (QED) is 0.909. The van der Waals surface area contributed by atoms with Crippen molar-refractivity contribution in [2.75, 3.05) is 6.54 Å². The van der Waals surface area contributed by atoms with Gasteiger partial charge in [-0.25, -0.2) is 0 Å². The highest BCUT2D eigenvalue weighted by Gasteiger charge is 2.32. The maximum atomic E-state index is 4.38. The Morgan fingerprint density at radius 2 is 2.10 bits per heavy atom. The van der Waals surface area contributed by atoms with Crippen molar-refractivity contribution >= 4 is 0 Å². The van der Waals surface area contributed by atoms with Crippen molar-refractivity contribution in [1.82, 2.24) is 15.1 Å². The van der Waals surface area contributed by atoms with Gasteiger partial charge >= 0.3 is 0 Å². The molecule has 2 rings (SSSR count). The molecule has 114 valence electrons. The number of rotatable bonds is 4. The Labute approximate surface area is 124 Å². The molecule has 0 saturated heterocycles. The molecule has 0 spiro atoms. The molecule has 1 heterocycles. The van der Waals surface area contributed by atoms with E-state index in [0.717, 1.165) is 18.4 Å². The zero-order valence-electron chi connectivity index (χ0n) is 13.8. The first-order chi connectivity index (χ1) is 9.39. The maximum Gasteiger partial charge on any atom is 0.0524 e. The van der Waals surface area contributed by atoms with Crippen molar-refractivity contribution < 1.29 is 0 Å². The van der Waals surface area contributed by atoms with Crippen molar-refractivity contribution in [3.05, 3.63) is 18.0 Å². The summed E-state index contributed by atoms with van der Waals surface area (Å²) < 4.78 is 1.94. The summed E-state index contributed by atoms with van der Waals surface area (Å²) in [4.78, 5) is 0. The van der Waals surface area contributed by atoms with Crippen LogP contribution in [0.15, 0.2) is 12.4 Å². The Hall–Kier alpha value is -0.830. The lowest BCUT2D eigenvalue weighted by molar-refractivity contribution is 0.213. The van der Waals surface area contributed by atoms with Gasteiger partial charge in [0, 0.05) is 18.8 Å². The number of nitrogens with zero attached hydrogens (tertiary/aromatic N) is 2. The number of aryl methyl sites for hydroxylation is 1. The zero-order chi connectivity index (χ0) is 14.8. The second-order valence-corrected chi connectivity index (χ2v) is 7.53. The van der Waals surface area contributed by atoms with Crippen LogP contribution in [0.5, 0.6) is 0 Å². The van der Waals surface area contributed by atoms with E-state index in [1.807, 2.05) is 11.7 Å². The summed E-state index contributed by atoms with van der Waals surface area (Å²) in [5, 5.41) is 8.09. The summed E-state index contributed by atoms with van der Waals surface area (Å²) in [6, 6.07) is 0. The van der Waals surface area contributed by atoms with Gasteiger partial charge in [0.2, 0.25) is 0 Å². The van der Waals surface area contributed by atoms with E-state index >= 15 is 0 Å². The molecular formula is C17H31N3.